The summed E-state index contributed by atoms with van der Waals surface area (Å²) in [5.41, 5.74) is 5.59. The lowest BCUT2D eigenvalue weighted by atomic mass is 9.92. The van der Waals surface area contributed by atoms with Crippen molar-refractivity contribution >= 4 is 10.9 Å². The van der Waals surface area contributed by atoms with Crippen molar-refractivity contribution in [3.63, 3.8) is 0 Å². The first-order valence-corrected chi connectivity index (χ1v) is 9.65. The molecule has 4 aromatic rings. The van der Waals surface area contributed by atoms with Crippen LogP contribution in [0.1, 0.15) is 41.3 Å². The van der Waals surface area contributed by atoms with Crippen molar-refractivity contribution < 1.29 is 4.74 Å². The van der Waals surface area contributed by atoms with Gasteiger partial charge in [0, 0.05) is 24.7 Å². The second-order valence-electron chi connectivity index (χ2n) is 7.48. The van der Waals surface area contributed by atoms with Crippen LogP contribution in [0.5, 0.6) is 5.75 Å². The molecule has 29 heavy (non-hydrogen) atoms. The highest BCUT2D eigenvalue weighted by Crippen LogP contribution is 2.35. The molecular formula is C22H20N6O. The minimum atomic E-state index is -0.114. The summed E-state index contributed by atoms with van der Waals surface area (Å²) in [7, 11) is 1.89. The van der Waals surface area contributed by atoms with E-state index in [0.717, 1.165) is 58.4 Å². The third-order valence-corrected chi connectivity index (χ3v) is 5.42. The molecular weight excluding hydrogens is 364 g/mol. The third-order valence-electron chi connectivity index (χ3n) is 5.42. The van der Waals surface area contributed by atoms with Gasteiger partial charge >= 0.3 is 0 Å². The molecule has 7 nitrogen and oxygen atoms in total. The van der Waals surface area contributed by atoms with Gasteiger partial charge in [0.1, 0.15) is 23.6 Å². The maximum Gasteiger partial charge on any atom is 0.141 e. The summed E-state index contributed by atoms with van der Waals surface area (Å²) in [6, 6.07) is 8.25. The maximum absolute atomic E-state index is 9.14. The van der Waals surface area contributed by atoms with Crippen LogP contribution in [0.4, 0.5) is 0 Å². The van der Waals surface area contributed by atoms with E-state index in [4.69, 9.17) is 10.00 Å². The van der Waals surface area contributed by atoms with Gasteiger partial charge in [0.25, 0.3) is 0 Å². The van der Waals surface area contributed by atoms with Gasteiger partial charge in [0.05, 0.1) is 35.4 Å². The number of hydrogen-bond donors (Lipinski definition) is 0. The summed E-state index contributed by atoms with van der Waals surface area (Å²) >= 11 is 0. The summed E-state index contributed by atoms with van der Waals surface area (Å²) in [5, 5.41) is 19.0. The molecule has 0 unspecified atom stereocenters. The van der Waals surface area contributed by atoms with E-state index in [1.165, 1.54) is 0 Å². The number of fused-ring (bicyclic) bond motifs is 2. The fraction of sp³-hybridized carbons (Fsp3) is 0.273. The largest absolute Gasteiger partial charge is 0.484 e. The Morgan fingerprint density at radius 3 is 2.86 bits per heavy atom. The van der Waals surface area contributed by atoms with Gasteiger partial charge in [-0.25, -0.2) is 4.68 Å². The first-order valence-electron chi connectivity index (χ1n) is 9.65. The van der Waals surface area contributed by atoms with E-state index < -0.39 is 0 Å². The molecule has 0 N–H and O–H groups in total. The molecule has 1 aliphatic carbocycles. The molecule has 1 aromatic carbocycles. The molecule has 0 fully saturated rings. The summed E-state index contributed by atoms with van der Waals surface area (Å²) in [6.07, 6.45) is 9.96. The van der Waals surface area contributed by atoms with Crippen molar-refractivity contribution in [2.75, 3.05) is 0 Å². The molecule has 0 radical (unpaired) electrons. The van der Waals surface area contributed by atoms with Crippen LogP contribution in [0.15, 0.2) is 43.0 Å². The first kappa shape index (κ1) is 17.4. The van der Waals surface area contributed by atoms with E-state index in [0.29, 0.717) is 5.56 Å². The molecule has 0 amide bonds. The van der Waals surface area contributed by atoms with Crippen molar-refractivity contribution in [1.29, 1.82) is 5.26 Å². The molecule has 1 atom stereocenters. The standard InChI is InChI=1S/C22H20N6O/c1-14-6-17-11-26-28(18-12-25-27(2)13-18)19(17)8-21(14)29-20-5-3-4-16-7-15(9-23)10-24-22(16)20/h6-8,10-13,20H,3-5H2,1-2H3/t20-/m0/s1. The van der Waals surface area contributed by atoms with Crippen LogP contribution in [0.25, 0.3) is 16.6 Å². The zero-order valence-corrected chi connectivity index (χ0v) is 16.3. The number of benzene rings is 1. The second kappa shape index (κ2) is 6.74. The van der Waals surface area contributed by atoms with E-state index in [1.54, 1.807) is 17.1 Å². The number of aromatic nitrogens is 5. The average Bonchev–Trinajstić information content (AvgIpc) is 3.33. The Morgan fingerprint density at radius 2 is 2.07 bits per heavy atom. The topological polar surface area (TPSA) is 81.5 Å². The van der Waals surface area contributed by atoms with Crippen LogP contribution in [-0.4, -0.2) is 24.5 Å². The van der Waals surface area contributed by atoms with Crippen molar-refractivity contribution in [2.45, 2.75) is 32.3 Å². The van der Waals surface area contributed by atoms with Crippen molar-refractivity contribution in [3.8, 4) is 17.5 Å². The zero-order valence-electron chi connectivity index (χ0n) is 16.3. The van der Waals surface area contributed by atoms with Crippen molar-refractivity contribution in [3.05, 3.63) is 65.4 Å². The van der Waals surface area contributed by atoms with Gasteiger partial charge < -0.3 is 4.74 Å². The van der Waals surface area contributed by atoms with Gasteiger partial charge in [0.15, 0.2) is 0 Å². The number of rotatable bonds is 3. The van der Waals surface area contributed by atoms with Crippen LogP contribution < -0.4 is 4.74 Å². The van der Waals surface area contributed by atoms with Crippen molar-refractivity contribution in [2.24, 2.45) is 7.05 Å². The molecule has 3 aromatic heterocycles. The molecule has 144 valence electrons. The molecule has 0 saturated carbocycles. The van der Waals surface area contributed by atoms with Gasteiger partial charge in [-0.15, -0.1) is 0 Å². The normalized spacial score (nSPS) is 15.8. The zero-order chi connectivity index (χ0) is 20.0. The molecule has 0 spiro atoms. The summed E-state index contributed by atoms with van der Waals surface area (Å²) in [4.78, 5) is 4.54. The number of aryl methyl sites for hydroxylation is 3. The number of hydrogen-bond acceptors (Lipinski definition) is 5. The predicted molar refractivity (Wildman–Crippen MR) is 108 cm³/mol. The van der Waals surface area contributed by atoms with Gasteiger partial charge in [-0.3, -0.25) is 9.67 Å². The lowest BCUT2D eigenvalue weighted by Crippen LogP contribution is -2.17. The molecule has 7 heteroatoms. The van der Waals surface area contributed by atoms with Crippen LogP contribution in [0, 0.1) is 18.3 Å². The van der Waals surface area contributed by atoms with E-state index in [1.807, 2.05) is 43.2 Å². The van der Waals surface area contributed by atoms with Gasteiger partial charge in [0.2, 0.25) is 0 Å². The third kappa shape index (κ3) is 3.03. The summed E-state index contributed by atoms with van der Waals surface area (Å²) in [6.45, 7) is 2.05. The van der Waals surface area contributed by atoms with E-state index >= 15 is 0 Å². The average molecular weight is 384 g/mol. The fourth-order valence-corrected chi connectivity index (χ4v) is 3.97. The molecule has 3 heterocycles. The number of pyridine rings is 1. The highest BCUT2D eigenvalue weighted by molar-refractivity contribution is 5.83. The van der Waals surface area contributed by atoms with Gasteiger partial charge in [-0.1, -0.05) is 0 Å². The number of nitrogens with zero attached hydrogens (tertiary/aromatic N) is 6. The van der Waals surface area contributed by atoms with Crippen LogP contribution in [0.3, 0.4) is 0 Å². The Labute approximate surface area is 168 Å². The fourth-order valence-electron chi connectivity index (χ4n) is 3.97. The molecule has 0 saturated heterocycles. The van der Waals surface area contributed by atoms with Crippen molar-refractivity contribution in [1.82, 2.24) is 24.5 Å². The monoisotopic (exact) mass is 384 g/mol. The predicted octanol–water partition coefficient (Wildman–Crippen LogP) is 3.79. The van der Waals surface area contributed by atoms with Gasteiger partial charge in [-0.05, 0) is 49.4 Å². The minimum absolute atomic E-state index is 0.114. The quantitative estimate of drug-likeness (QED) is 0.537. The smallest absolute Gasteiger partial charge is 0.141 e. The van der Waals surface area contributed by atoms with Crippen LogP contribution in [0.2, 0.25) is 0 Å². The Bertz CT molecular complexity index is 1260. The lowest BCUT2D eigenvalue weighted by Gasteiger charge is -2.26. The molecule has 0 aliphatic heterocycles. The highest BCUT2D eigenvalue weighted by Gasteiger charge is 2.24. The van der Waals surface area contributed by atoms with E-state index in [-0.39, 0.29) is 6.10 Å². The number of nitriles is 1. The van der Waals surface area contributed by atoms with E-state index in [9.17, 15) is 0 Å². The maximum atomic E-state index is 9.14. The van der Waals surface area contributed by atoms with Crippen LogP contribution in [-0.2, 0) is 13.5 Å². The van der Waals surface area contributed by atoms with Crippen LogP contribution >= 0.6 is 0 Å². The minimum Gasteiger partial charge on any atom is -0.484 e. The molecule has 1 aliphatic rings. The lowest BCUT2D eigenvalue weighted by molar-refractivity contribution is 0.177. The Morgan fingerprint density at radius 1 is 1.17 bits per heavy atom. The van der Waals surface area contributed by atoms with Gasteiger partial charge in [-0.2, -0.15) is 15.5 Å². The SMILES string of the molecule is Cc1cc2cnn(-c3cnn(C)c3)c2cc1O[C@H]1CCCc2cc(C#N)cnc21. The van der Waals surface area contributed by atoms with E-state index in [2.05, 4.69) is 27.3 Å². The second-order valence-corrected chi connectivity index (χ2v) is 7.48. The Balaban J connectivity index is 1.53. The Hall–Kier alpha value is -3.66. The number of ether oxygens (including phenoxy) is 1. The molecule has 5 rings (SSSR count). The summed E-state index contributed by atoms with van der Waals surface area (Å²) in [5.74, 6) is 0.826. The summed E-state index contributed by atoms with van der Waals surface area (Å²) < 4.78 is 10.1. The molecule has 0 bridgehead atoms. The first-order chi connectivity index (χ1) is 14.1. The Kier molecular flexibility index (Phi) is 4.06. The highest BCUT2D eigenvalue weighted by atomic mass is 16.5.